The maximum Gasteiger partial charge on any atom is 0.266 e. The third kappa shape index (κ3) is 5.44. The van der Waals surface area contributed by atoms with E-state index in [1.807, 2.05) is 61.5 Å². The molecule has 1 heterocycles. The van der Waals surface area contributed by atoms with E-state index in [4.69, 9.17) is 12.2 Å². The van der Waals surface area contributed by atoms with Crippen LogP contribution < -0.4 is 4.90 Å². The van der Waals surface area contributed by atoms with E-state index in [9.17, 15) is 14.7 Å². The van der Waals surface area contributed by atoms with Crippen molar-refractivity contribution in [3.05, 3.63) is 82.8 Å². The number of hydrogen-bond acceptors (Lipinski definition) is 5. The molecule has 1 saturated heterocycles. The highest BCUT2D eigenvalue weighted by Crippen LogP contribution is 2.32. The van der Waals surface area contributed by atoms with Crippen molar-refractivity contribution >= 4 is 51.9 Å². The zero-order valence-electron chi connectivity index (χ0n) is 16.5. The summed E-state index contributed by atoms with van der Waals surface area (Å²) in [5, 5.41) is 9.35. The van der Waals surface area contributed by atoms with E-state index >= 15 is 0 Å². The average molecular weight is 439 g/mol. The molecule has 0 aromatic heterocycles. The van der Waals surface area contributed by atoms with Crippen molar-refractivity contribution in [2.24, 2.45) is 0 Å². The van der Waals surface area contributed by atoms with Crippen molar-refractivity contribution < 1.29 is 14.7 Å². The average Bonchev–Trinajstić information content (AvgIpc) is 3.00. The fourth-order valence-corrected chi connectivity index (χ4v) is 4.33. The molecule has 0 spiro atoms. The molecule has 1 fully saturated rings. The lowest BCUT2D eigenvalue weighted by atomic mass is 10.1. The molecule has 0 bridgehead atoms. The minimum absolute atomic E-state index is 0.145. The third-order valence-electron chi connectivity index (χ3n) is 4.41. The highest BCUT2D eigenvalue weighted by molar-refractivity contribution is 8.26. The molecule has 1 N–H and O–H groups in total. The van der Waals surface area contributed by atoms with Gasteiger partial charge in [-0.3, -0.25) is 14.5 Å². The van der Waals surface area contributed by atoms with Crippen LogP contribution in [0.3, 0.4) is 0 Å². The number of thioether (sulfide) groups is 1. The molecular weight excluding hydrogens is 416 g/mol. The van der Waals surface area contributed by atoms with Crippen LogP contribution in [-0.2, 0) is 9.59 Å². The first kappa shape index (κ1) is 22.0. The Morgan fingerprint density at radius 3 is 2.40 bits per heavy atom. The van der Waals surface area contributed by atoms with Crippen LogP contribution in [0.2, 0.25) is 0 Å². The summed E-state index contributed by atoms with van der Waals surface area (Å²) in [7, 11) is 0. The third-order valence-corrected chi connectivity index (χ3v) is 5.79. The Hall–Kier alpha value is -2.74. The zero-order chi connectivity index (χ0) is 21.5. The second-order valence-electron chi connectivity index (χ2n) is 6.67. The number of hydrogen-bond donors (Lipinski definition) is 1. The summed E-state index contributed by atoms with van der Waals surface area (Å²) in [4.78, 5) is 29.0. The van der Waals surface area contributed by atoms with Crippen molar-refractivity contribution in [1.29, 1.82) is 0 Å². The van der Waals surface area contributed by atoms with E-state index in [1.165, 1.54) is 21.6 Å². The second kappa shape index (κ2) is 10.3. The van der Waals surface area contributed by atoms with E-state index < -0.39 is 0 Å². The number of aliphatic hydroxyl groups excluding tert-OH is 1. The van der Waals surface area contributed by atoms with Crippen LogP contribution in [0.1, 0.15) is 12.5 Å². The SMILES string of the molecule is CC(/C=C1\SC(=S)N(CC(=O)N(CCO)c2ccccc2)C1=O)=C\c1ccccc1. The van der Waals surface area contributed by atoms with Gasteiger partial charge in [0.25, 0.3) is 5.91 Å². The molecule has 7 heteroatoms. The standard InChI is InChI=1S/C23H22N2O3S2/c1-17(14-18-8-4-2-5-9-18)15-20-22(28)25(23(29)30-20)16-21(27)24(12-13-26)19-10-6-3-7-11-19/h2-11,14-15,26H,12-13,16H2,1H3/b17-14+,20-15-. The smallest absolute Gasteiger partial charge is 0.266 e. The minimum atomic E-state index is -0.302. The maximum absolute atomic E-state index is 12.9. The lowest BCUT2D eigenvalue weighted by Crippen LogP contribution is -2.43. The van der Waals surface area contributed by atoms with Crippen LogP contribution in [-0.4, -0.2) is 45.8 Å². The van der Waals surface area contributed by atoms with Crippen LogP contribution >= 0.6 is 24.0 Å². The summed E-state index contributed by atoms with van der Waals surface area (Å²) < 4.78 is 0.351. The van der Waals surface area contributed by atoms with Crippen molar-refractivity contribution in [3.8, 4) is 0 Å². The van der Waals surface area contributed by atoms with Crippen LogP contribution in [0.4, 0.5) is 5.69 Å². The molecule has 0 unspecified atom stereocenters. The quantitative estimate of drug-likeness (QED) is 0.525. The van der Waals surface area contributed by atoms with Crippen LogP contribution in [0, 0.1) is 0 Å². The number of amides is 2. The number of nitrogens with zero attached hydrogens (tertiary/aromatic N) is 2. The Bertz CT molecular complexity index is 988. The summed E-state index contributed by atoms with van der Waals surface area (Å²) in [6, 6.07) is 18.9. The van der Waals surface area contributed by atoms with Gasteiger partial charge in [-0.05, 0) is 36.3 Å². The van der Waals surface area contributed by atoms with Gasteiger partial charge in [-0.1, -0.05) is 78.6 Å². The number of carbonyl (C=O) groups excluding carboxylic acids is 2. The molecule has 0 aliphatic carbocycles. The molecule has 1 aliphatic heterocycles. The normalized spacial score (nSPS) is 15.7. The largest absolute Gasteiger partial charge is 0.395 e. The fraction of sp³-hybridized carbons (Fsp3) is 0.174. The molecular formula is C23H22N2O3S2. The highest BCUT2D eigenvalue weighted by atomic mass is 32.2. The Balaban J connectivity index is 1.74. The Morgan fingerprint density at radius 2 is 1.77 bits per heavy atom. The molecule has 0 radical (unpaired) electrons. The molecule has 3 rings (SSSR count). The number of aliphatic hydroxyl groups is 1. The summed E-state index contributed by atoms with van der Waals surface area (Å²) in [5.74, 6) is -0.583. The number of carbonyl (C=O) groups is 2. The van der Waals surface area contributed by atoms with Crippen molar-refractivity contribution in [3.63, 3.8) is 0 Å². The van der Waals surface area contributed by atoms with Gasteiger partial charge in [-0.15, -0.1) is 0 Å². The molecule has 0 saturated carbocycles. The first-order valence-corrected chi connectivity index (χ1v) is 10.7. The Kier molecular flexibility index (Phi) is 7.57. The van der Waals surface area contributed by atoms with Gasteiger partial charge in [-0.25, -0.2) is 0 Å². The van der Waals surface area contributed by atoms with Gasteiger partial charge in [0.05, 0.1) is 11.5 Å². The zero-order valence-corrected chi connectivity index (χ0v) is 18.2. The van der Waals surface area contributed by atoms with Crippen molar-refractivity contribution in [1.82, 2.24) is 4.90 Å². The maximum atomic E-state index is 12.9. The van der Waals surface area contributed by atoms with Crippen LogP contribution in [0.25, 0.3) is 6.08 Å². The van der Waals surface area contributed by atoms with Gasteiger partial charge in [0.2, 0.25) is 5.91 Å². The highest BCUT2D eigenvalue weighted by Gasteiger charge is 2.34. The second-order valence-corrected chi connectivity index (χ2v) is 8.35. The molecule has 2 aromatic carbocycles. The summed E-state index contributed by atoms with van der Waals surface area (Å²) in [6.45, 7) is 1.72. The van der Waals surface area contributed by atoms with E-state index in [2.05, 4.69) is 0 Å². The van der Waals surface area contributed by atoms with Crippen LogP contribution in [0.15, 0.2) is 77.2 Å². The van der Waals surface area contributed by atoms with Gasteiger partial charge in [-0.2, -0.15) is 0 Å². The van der Waals surface area contributed by atoms with E-state index in [-0.39, 0.29) is 31.5 Å². The number of anilines is 1. The first-order chi connectivity index (χ1) is 14.5. The number of para-hydroxylation sites is 1. The molecule has 0 atom stereocenters. The van der Waals surface area contributed by atoms with Gasteiger partial charge in [0, 0.05) is 12.2 Å². The van der Waals surface area contributed by atoms with E-state index in [0.717, 1.165) is 11.1 Å². The van der Waals surface area contributed by atoms with Gasteiger partial charge >= 0.3 is 0 Å². The van der Waals surface area contributed by atoms with Crippen molar-refractivity contribution in [2.75, 3.05) is 24.6 Å². The fourth-order valence-electron chi connectivity index (χ4n) is 3.02. The van der Waals surface area contributed by atoms with Crippen LogP contribution in [0.5, 0.6) is 0 Å². The Morgan fingerprint density at radius 1 is 1.13 bits per heavy atom. The first-order valence-electron chi connectivity index (χ1n) is 9.44. The topological polar surface area (TPSA) is 60.9 Å². The summed E-state index contributed by atoms with van der Waals surface area (Å²) in [5.41, 5.74) is 2.62. The number of thiocarbonyl (C=S) groups is 1. The van der Waals surface area contributed by atoms with Gasteiger partial charge < -0.3 is 10.0 Å². The molecule has 1 aliphatic rings. The predicted octanol–water partition coefficient (Wildman–Crippen LogP) is 3.86. The lowest BCUT2D eigenvalue weighted by Gasteiger charge is -2.24. The summed E-state index contributed by atoms with van der Waals surface area (Å²) in [6.07, 6.45) is 3.77. The van der Waals surface area contributed by atoms with E-state index in [1.54, 1.807) is 18.2 Å². The molecule has 5 nitrogen and oxygen atoms in total. The predicted molar refractivity (Wildman–Crippen MR) is 126 cm³/mol. The minimum Gasteiger partial charge on any atom is -0.395 e. The molecule has 30 heavy (non-hydrogen) atoms. The molecule has 2 aromatic rings. The number of rotatable bonds is 7. The lowest BCUT2D eigenvalue weighted by molar-refractivity contribution is -0.127. The number of allylic oxidation sites excluding steroid dienone is 2. The Labute approximate surface area is 185 Å². The van der Waals surface area contributed by atoms with Gasteiger partial charge in [0.15, 0.2) is 0 Å². The van der Waals surface area contributed by atoms with E-state index in [0.29, 0.717) is 14.9 Å². The number of benzene rings is 2. The van der Waals surface area contributed by atoms with Crippen molar-refractivity contribution in [2.45, 2.75) is 6.92 Å². The molecule has 154 valence electrons. The molecule has 2 amide bonds. The summed E-state index contributed by atoms with van der Waals surface area (Å²) >= 11 is 6.54. The van der Waals surface area contributed by atoms with Gasteiger partial charge in [0.1, 0.15) is 10.9 Å². The monoisotopic (exact) mass is 438 g/mol.